The van der Waals surface area contributed by atoms with E-state index in [9.17, 15) is 19.3 Å². The number of pyridine rings is 1. The third kappa shape index (κ3) is 2.81. The van der Waals surface area contributed by atoms with Crippen molar-refractivity contribution >= 4 is 17.2 Å². The fourth-order valence-corrected chi connectivity index (χ4v) is 2.43. The first-order valence-electron chi connectivity index (χ1n) is 7.09. The Morgan fingerprint density at radius 2 is 1.96 bits per heavy atom. The molecular formula is C16H13FN4O3. The zero-order chi connectivity index (χ0) is 17.3. The standard InChI is InChI=1S/C16H13FN4O3/c1-19(10-11-5-7-12(17)8-6-11)15-14(21(23)24)16(22)20-9-3-2-4-13(20)18-15/h2-9H,10H2,1H3. The molecule has 3 rings (SSSR count). The molecule has 0 unspecified atom stereocenters. The molecule has 24 heavy (non-hydrogen) atoms. The lowest BCUT2D eigenvalue weighted by Crippen LogP contribution is -2.26. The summed E-state index contributed by atoms with van der Waals surface area (Å²) in [6.07, 6.45) is 1.43. The van der Waals surface area contributed by atoms with Gasteiger partial charge in [0.1, 0.15) is 11.5 Å². The van der Waals surface area contributed by atoms with Gasteiger partial charge in [-0.2, -0.15) is 0 Å². The van der Waals surface area contributed by atoms with Crippen LogP contribution in [-0.4, -0.2) is 21.4 Å². The molecule has 1 aromatic carbocycles. The molecule has 0 saturated carbocycles. The van der Waals surface area contributed by atoms with Crippen molar-refractivity contribution in [2.24, 2.45) is 0 Å². The summed E-state index contributed by atoms with van der Waals surface area (Å²) in [6, 6.07) is 10.6. The van der Waals surface area contributed by atoms with Crippen LogP contribution in [0.1, 0.15) is 5.56 Å². The normalized spacial score (nSPS) is 10.8. The number of aromatic nitrogens is 2. The van der Waals surface area contributed by atoms with E-state index >= 15 is 0 Å². The Morgan fingerprint density at radius 1 is 1.25 bits per heavy atom. The highest BCUT2D eigenvalue weighted by molar-refractivity contribution is 5.61. The number of nitrogens with zero attached hydrogens (tertiary/aromatic N) is 4. The molecule has 8 heteroatoms. The van der Waals surface area contributed by atoms with Gasteiger partial charge in [-0.15, -0.1) is 0 Å². The summed E-state index contributed by atoms with van der Waals surface area (Å²) in [7, 11) is 1.59. The maximum atomic E-state index is 13.0. The third-order valence-electron chi connectivity index (χ3n) is 3.57. The van der Waals surface area contributed by atoms with E-state index < -0.39 is 16.2 Å². The number of fused-ring (bicyclic) bond motifs is 1. The number of rotatable bonds is 4. The Kier molecular flexibility index (Phi) is 3.95. The molecule has 122 valence electrons. The van der Waals surface area contributed by atoms with Gasteiger partial charge in [-0.05, 0) is 29.8 Å². The van der Waals surface area contributed by atoms with E-state index in [2.05, 4.69) is 4.98 Å². The zero-order valence-corrected chi connectivity index (χ0v) is 12.7. The second-order valence-electron chi connectivity index (χ2n) is 5.26. The minimum absolute atomic E-state index is 0.0273. The Morgan fingerprint density at radius 3 is 2.62 bits per heavy atom. The number of hydrogen-bond acceptors (Lipinski definition) is 5. The third-order valence-corrected chi connectivity index (χ3v) is 3.57. The summed E-state index contributed by atoms with van der Waals surface area (Å²) < 4.78 is 14.1. The predicted molar refractivity (Wildman–Crippen MR) is 86.6 cm³/mol. The molecule has 0 aliphatic heterocycles. The van der Waals surface area contributed by atoms with Crippen LogP contribution >= 0.6 is 0 Å². The van der Waals surface area contributed by atoms with E-state index in [1.807, 2.05) is 0 Å². The van der Waals surface area contributed by atoms with E-state index in [1.165, 1.54) is 23.2 Å². The van der Waals surface area contributed by atoms with Gasteiger partial charge in [-0.25, -0.2) is 9.37 Å². The molecule has 0 spiro atoms. The van der Waals surface area contributed by atoms with Crippen LogP contribution in [0.5, 0.6) is 0 Å². The fourth-order valence-electron chi connectivity index (χ4n) is 2.43. The van der Waals surface area contributed by atoms with Crippen molar-refractivity contribution in [2.75, 3.05) is 11.9 Å². The van der Waals surface area contributed by atoms with Gasteiger partial charge in [0.05, 0.1) is 4.92 Å². The topological polar surface area (TPSA) is 80.8 Å². The van der Waals surface area contributed by atoms with Crippen molar-refractivity contribution in [3.8, 4) is 0 Å². The van der Waals surface area contributed by atoms with Gasteiger partial charge < -0.3 is 4.90 Å². The molecule has 0 fully saturated rings. The average molecular weight is 328 g/mol. The summed E-state index contributed by atoms with van der Waals surface area (Å²) in [5, 5.41) is 11.4. The van der Waals surface area contributed by atoms with E-state index in [-0.39, 0.29) is 18.2 Å². The van der Waals surface area contributed by atoms with Crippen LogP contribution in [0.3, 0.4) is 0 Å². The molecule has 2 aromatic heterocycles. The van der Waals surface area contributed by atoms with Crippen molar-refractivity contribution < 1.29 is 9.31 Å². The SMILES string of the molecule is CN(Cc1ccc(F)cc1)c1nc2ccccn2c(=O)c1[N+](=O)[O-]. The minimum atomic E-state index is -0.744. The van der Waals surface area contributed by atoms with Crippen LogP contribution in [0.4, 0.5) is 15.9 Å². The summed E-state index contributed by atoms with van der Waals surface area (Å²) in [4.78, 5) is 28.8. The maximum Gasteiger partial charge on any atom is 0.376 e. The molecule has 2 heterocycles. The van der Waals surface area contributed by atoms with Crippen LogP contribution in [0, 0.1) is 15.9 Å². The first-order valence-corrected chi connectivity index (χ1v) is 7.09. The molecule has 0 aliphatic rings. The van der Waals surface area contributed by atoms with Gasteiger partial charge in [0.15, 0.2) is 0 Å². The average Bonchev–Trinajstić information content (AvgIpc) is 2.56. The van der Waals surface area contributed by atoms with Gasteiger partial charge in [0.2, 0.25) is 5.82 Å². The number of benzene rings is 1. The Labute approximate surface area is 135 Å². The van der Waals surface area contributed by atoms with Gasteiger partial charge in [0, 0.05) is 19.8 Å². The van der Waals surface area contributed by atoms with E-state index in [0.717, 1.165) is 9.96 Å². The smallest absolute Gasteiger partial charge is 0.349 e. The lowest BCUT2D eigenvalue weighted by Gasteiger charge is -2.18. The molecule has 0 aliphatic carbocycles. The van der Waals surface area contributed by atoms with Crippen molar-refractivity contribution in [3.05, 3.63) is 80.5 Å². The molecule has 0 radical (unpaired) electrons. The first-order chi connectivity index (χ1) is 11.5. The van der Waals surface area contributed by atoms with Crippen molar-refractivity contribution in [3.63, 3.8) is 0 Å². The van der Waals surface area contributed by atoms with Crippen LogP contribution in [0.25, 0.3) is 5.65 Å². The molecular weight excluding hydrogens is 315 g/mol. The lowest BCUT2D eigenvalue weighted by atomic mass is 10.2. The number of hydrogen-bond donors (Lipinski definition) is 0. The summed E-state index contributed by atoms with van der Waals surface area (Å²) in [5.41, 5.74) is -0.285. The fraction of sp³-hybridized carbons (Fsp3) is 0.125. The Balaban J connectivity index is 2.10. The molecule has 0 bridgehead atoms. The van der Waals surface area contributed by atoms with Crippen LogP contribution in [0.2, 0.25) is 0 Å². The second kappa shape index (κ2) is 6.07. The van der Waals surface area contributed by atoms with Crippen LogP contribution in [0.15, 0.2) is 53.5 Å². The molecule has 7 nitrogen and oxygen atoms in total. The van der Waals surface area contributed by atoms with Crippen molar-refractivity contribution in [1.29, 1.82) is 0 Å². The van der Waals surface area contributed by atoms with Crippen molar-refractivity contribution in [1.82, 2.24) is 9.38 Å². The second-order valence-corrected chi connectivity index (χ2v) is 5.26. The largest absolute Gasteiger partial charge is 0.376 e. The highest BCUT2D eigenvalue weighted by atomic mass is 19.1. The first kappa shape index (κ1) is 15.6. The Hall–Kier alpha value is -3.29. The quantitative estimate of drug-likeness (QED) is 0.542. The highest BCUT2D eigenvalue weighted by Gasteiger charge is 2.26. The van der Waals surface area contributed by atoms with Gasteiger partial charge in [-0.3, -0.25) is 19.3 Å². The Bertz CT molecular complexity index is 969. The van der Waals surface area contributed by atoms with E-state index in [0.29, 0.717) is 5.65 Å². The number of anilines is 1. The summed E-state index contributed by atoms with van der Waals surface area (Å²) in [6.45, 7) is 0.247. The van der Waals surface area contributed by atoms with Gasteiger partial charge in [-0.1, -0.05) is 18.2 Å². The minimum Gasteiger partial charge on any atom is -0.349 e. The lowest BCUT2D eigenvalue weighted by molar-refractivity contribution is -0.385. The maximum absolute atomic E-state index is 13.0. The molecule has 0 N–H and O–H groups in total. The van der Waals surface area contributed by atoms with Crippen LogP contribution in [-0.2, 0) is 6.54 Å². The predicted octanol–water partition coefficient (Wildman–Crippen LogP) is 2.38. The van der Waals surface area contributed by atoms with E-state index in [1.54, 1.807) is 37.4 Å². The molecule has 3 aromatic rings. The number of nitro groups is 1. The molecule has 0 saturated heterocycles. The van der Waals surface area contributed by atoms with Crippen LogP contribution < -0.4 is 10.5 Å². The summed E-state index contributed by atoms with van der Waals surface area (Å²) in [5.74, 6) is -0.394. The van der Waals surface area contributed by atoms with Gasteiger partial charge >= 0.3 is 11.2 Å². The zero-order valence-electron chi connectivity index (χ0n) is 12.7. The number of halogens is 1. The summed E-state index contributed by atoms with van der Waals surface area (Å²) >= 11 is 0. The van der Waals surface area contributed by atoms with Crippen molar-refractivity contribution in [2.45, 2.75) is 6.54 Å². The monoisotopic (exact) mass is 328 g/mol. The molecule has 0 atom stereocenters. The highest BCUT2D eigenvalue weighted by Crippen LogP contribution is 2.23. The van der Waals surface area contributed by atoms with Gasteiger partial charge in [0.25, 0.3) is 0 Å². The van der Waals surface area contributed by atoms with E-state index in [4.69, 9.17) is 0 Å². The molecule has 0 amide bonds.